The van der Waals surface area contributed by atoms with Crippen LogP contribution < -0.4 is 32.9 Å². The van der Waals surface area contributed by atoms with Crippen LogP contribution in [0.4, 0.5) is 0 Å². The van der Waals surface area contributed by atoms with Gasteiger partial charge in [-0.1, -0.05) is 73.9 Å². The minimum atomic E-state index is -2.14. The number of rotatable bonds is 6. The van der Waals surface area contributed by atoms with Crippen molar-refractivity contribution >= 4 is 29.1 Å². The third-order valence-electron chi connectivity index (χ3n) is 7.43. The van der Waals surface area contributed by atoms with Gasteiger partial charge in [0, 0.05) is 19.5 Å². The molecule has 3 aromatic carbocycles. The fourth-order valence-corrected chi connectivity index (χ4v) is 10.8. The molecule has 1 aliphatic heterocycles. The summed E-state index contributed by atoms with van der Waals surface area (Å²) in [6, 6.07) is 32.6. The minimum Gasteiger partial charge on any atom is -1.00 e. The topological polar surface area (TPSA) is 20.3 Å². The number of benzene rings is 3. The first kappa shape index (κ1) is 24.2. The number of nitrogens with zero attached hydrogens (tertiary/aromatic N) is 1. The minimum absolute atomic E-state index is 0. The fraction of sp³-hybridized carbons (Fsp3) is 0.345. The summed E-state index contributed by atoms with van der Waals surface area (Å²) in [5.74, 6) is 1.06. The zero-order valence-electron chi connectivity index (χ0n) is 19.2. The lowest BCUT2D eigenvalue weighted by molar-refractivity contribution is -0.128. The van der Waals surface area contributed by atoms with Crippen molar-refractivity contribution in [2.24, 2.45) is 5.92 Å². The molecular formula is C29H33BrNOP. The van der Waals surface area contributed by atoms with Crippen LogP contribution in [-0.2, 0) is 4.79 Å². The summed E-state index contributed by atoms with van der Waals surface area (Å²) in [7, 11) is -2.14. The van der Waals surface area contributed by atoms with Crippen LogP contribution >= 0.6 is 7.26 Å². The zero-order valence-corrected chi connectivity index (χ0v) is 21.6. The molecule has 1 unspecified atom stereocenters. The van der Waals surface area contributed by atoms with Crippen molar-refractivity contribution in [2.75, 3.05) is 13.1 Å². The van der Waals surface area contributed by atoms with Gasteiger partial charge in [0.15, 0.2) is 5.66 Å². The maximum atomic E-state index is 14.1. The van der Waals surface area contributed by atoms with Crippen LogP contribution in [0, 0.1) is 5.92 Å². The van der Waals surface area contributed by atoms with Gasteiger partial charge in [-0.05, 0) is 55.2 Å². The molecule has 33 heavy (non-hydrogen) atoms. The molecule has 172 valence electrons. The molecule has 1 atom stereocenters. The average Bonchev–Trinajstić information content (AvgIpc) is 3.22. The summed E-state index contributed by atoms with van der Waals surface area (Å²) in [4.78, 5) is 16.3. The van der Waals surface area contributed by atoms with Gasteiger partial charge in [0.05, 0.1) is 0 Å². The van der Waals surface area contributed by atoms with Crippen molar-refractivity contribution in [3.63, 3.8) is 0 Å². The van der Waals surface area contributed by atoms with E-state index < -0.39 is 7.26 Å². The maximum absolute atomic E-state index is 14.1. The molecule has 2 aliphatic rings. The molecule has 3 aromatic rings. The van der Waals surface area contributed by atoms with Crippen LogP contribution in [0.25, 0.3) is 0 Å². The second kappa shape index (κ2) is 11.0. The molecule has 5 rings (SSSR count). The highest BCUT2D eigenvalue weighted by Gasteiger charge is 2.58. The van der Waals surface area contributed by atoms with Crippen LogP contribution in [-0.4, -0.2) is 29.6 Å². The Morgan fingerprint density at radius 1 is 0.667 bits per heavy atom. The van der Waals surface area contributed by atoms with E-state index in [2.05, 4.69) is 95.9 Å². The Balaban J connectivity index is 0.00000259. The molecule has 1 aliphatic carbocycles. The van der Waals surface area contributed by atoms with Gasteiger partial charge in [-0.25, -0.2) is 0 Å². The number of hydrogen-bond acceptors (Lipinski definition) is 1. The van der Waals surface area contributed by atoms with Gasteiger partial charge in [0.25, 0.3) is 5.91 Å². The quantitative estimate of drug-likeness (QED) is 0.455. The molecule has 0 spiro atoms. The monoisotopic (exact) mass is 521 g/mol. The predicted molar refractivity (Wildman–Crippen MR) is 137 cm³/mol. The van der Waals surface area contributed by atoms with Crippen LogP contribution in [0.2, 0.25) is 0 Å². The summed E-state index contributed by atoms with van der Waals surface area (Å²) in [6.45, 7) is 1.85. The number of halogens is 1. The van der Waals surface area contributed by atoms with Crippen LogP contribution in [0.3, 0.4) is 0 Å². The van der Waals surface area contributed by atoms with E-state index in [9.17, 15) is 4.79 Å². The van der Waals surface area contributed by atoms with E-state index in [0.29, 0.717) is 11.8 Å². The maximum Gasteiger partial charge on any atom is 0.264 e. The Hall–Kier alpha value is -1.96. The SMILES string of the molecule is O=C1C([P+](c2ccccc2)(c2ccccc2)c2ccccc2)CCN1CC1CCCCC1.[Br-]. The summed E-state index contributed by atoms with van der Waals surface area (Å²) in [6.07, 6.45) is 7.52. The molecule has 0 bridgehead atoms. The summed E-state index contributed by atoms with van der Waals surface area (Å²) in [5.41, 5.74) is 0.0123. The molecular weight excluding hydrogens is 489 g/mol. The number of likely N-dealkylation sites (tertiary alicyclic amines) is 1. The molecule has 0 N–H and O–H groups in total. The smallest absolute Gasteiger partial charge is 0.264 e. The average molecular weight is 522 g/mol. The van der Waals surface area contributed by atoms with Crippen molar-refractivity contribution in [3.05, 3.63) is 91.0 Å². The lowest BCUT2D eigenvalue weighted by Crippen LogP contribution is -3.00. The first-order chi connectivity index (χ1) is 15.8. The molecule has 2 nitrogen and oxygen atoms in total. The first-order valence-electron chi connectivity index (χ1n) is 12.1. The van der Waals surface area contributed by atoms with Crippen LogP contribution in [0.5, 0.6) is 0 Å². The van der Waals surface area contributed by atoms with Gasteiger partial charge < -0.3 is 21.9 Å². The van der Waals surface area contributed by atoms with Crippen molar-refractivity contribution in [1.29, 1.82) is 0 Å². The van der Waals surface area contributed by atoms with E-state index in [0.717, 1.165) is 19.5 Å². The molecule has 0 aromatic heterocycles. The number of carbonyl (C=O) groups is 1. The van der Waals surface area contributed by atoms with Gasteiger partial charge in [-0.2, -0.15) is 0 Å². The number of hydrogen-bond donors (Lipinski definition) is 0. The molecule has 2 fully saturated rings. The highest BCUT2D eigenvalue weighted by atomic mass is 79.9. The molecule has 0 radical (unpaired) electrons. The Labute approximate surface area is 209 Å². The summed E-state index contributed by atoms with van der Waals surface area (Å²) >= 11 is 0. The van der Waals surface area contributed by atoms with Gasteiger partial charge in [-0.3, -0.25) is 4.79 Å². The Morgan fingerprint density at radius 3 is 1.58 bits per heavy atom. The van der Waals surface area contributed by atoms with E-state index in [4.69, 9.17) is 0 Å². The van der Waals surface area contributed by atoms with Gasteiger partial charge in [-0.15, -0.1) is 0 Å². The predicted octanol–water partition coefficient (Wildman–Crippen LogP) is 2.17. The number of carbonyl (C=O) groups excluding carboxylic acids is 1. The standard InChI is InChI=1S/C29H33NOP.BrH/c31-29-28(21-22-30(29)23-24-13-5-1-6-14-24)32(25-15-7-2-8-16-25,26-17-9-3-10-18-26)27-19-11-4-12-20-27;/h2-4,7-12,15-20,24,28H,1,5-6,13-14,21-23H2;1H/q+1;/p-1. The van der Waals surface area contributed by atoms with Gasteiger partial charge >= 0.3 is 0 Å². The first-order valence-corrected chi connectivity index (χ1v) is 14.0. The third kappa shape index (κ3) is 4.68. The van der Waals surface area contributed by atoms with E-state index in [1.807, 2.05) is 0 Å². The van der Waals surface area contributed by atoms with Gasteiger partial charge in [0.1, 0.15) is 23.2 Å². The van der Waals surface area contributed by atoms with Crippen LogP contribution in [0.15, 0.2) is 91.0 Å². The lowest BCUT2D eigenvalue weighted by Gasteiger charge is -2.32. The van der Waals surface area contributed by atoms with E-state index in [1.54, 1.807) is 0 Å². The zero-order chi connectivity index (χ0) is 21.8. The molecule has 1 saturated heterocycles. The Bertz CT molecular complexity index is 925. The highest BCUT2D eigenvalue weighted by molar-refractivity contribution is 7.96. The van der Waals surface area contributed by atoms with Crippen molar-refractivity contribution < 1.29 is 21.8 Å². The molecule has 4 heteroatoms. The van der Waals surface area contributed by atoms with E-state index >= 15 is 0 Å². The normalized spacial score (nSPS) is 19.3. The summed E-state index contributed by atoms with van der Waals surface area (Å²) < 4.78 is 0. The second-order valence-corrected chi connectivity index (χ2v) is 12.9. The van der Waals surface area contributed by atoms with E-state index in [-0.39, 0.29) is 22.6 Å². The molecule has 1 amide bonds. The van der Waals surface area contributed by atoms with Crippen molar-refractivity contribution in [2.45, 2.75) is 44.2 Å². The molecule has 1 saturated carbocycles. The highest BCUT2D eigenvalue weighted by Crippen LogP contribution is 2.62. The Morgan fingerprint density at radius 2 is 1.12 bits per heavy atom. The molecule has 1 heterocycles. The lowest BCUT2D eigenvalue weighted by atomic mass is 9.89. The van der Waals surface area contributed by atoms with Crippen molar-refractivity contribution in [3.8, 4) is 0 Å². The van der Waals surface area contributed by atoms with E-state index in [1.165, 1.54) is 48.0 Å². The Kier molecular flexibility index (Phi) is 8.04. The third-order valence-corrected chi connectivity index (χ3v) is 12.2. The largest absolute Gasteiger partial charge is 1.00 e. The fourth-order valence-electron chi connectivity index (χ4n) is 5.92. The van der Waals surface area contributed by atoms with Crippen LogP contribution in [0.1, 0.15) is 38.5 Å². The van der Waals surface area contributed by atoms with Gasteiger partial charge in [0.2, 0.25) is 0 Å². The summed E-state index contributed by atoms with van der Waals surface area (Å²) in [5, 5.41) is 3.95. The van der Waals surface area contributed by atoms with Crippen molar-refractivity contribution in [1.82, 2.24) is 4.90 Å². The number of amides is 1. The second-order valence-electron chi connectivity index (χ2n) is 9.32.